The molecule has 0 aliphatic heterocycles. The molecule has 0 heterocycles. The van der Waals surface area contributed by atoms with Crippen LogP contribution in [0.15, 0.2) is 0 Å². The Hall–Kier alpha value is -0.150. The molecule has 0 saturated heterocycles. The molecule has 0 fully saturated rings. The smallest absolute Gasteiger partial charge is 0.328 e. The Morgan fingerprint density at radius 1 is 1.13 bits per heavy atom. The van der Waals surface area contributed by atoms with Crippen molar-refractivity contribution >= 4 is 65.7 Å². The lowest BCUT2D eigenvalue weighted by atomic mass is 10.8. The molecule has 0 radical (unpaired) electrons. The fraction of sp³-hybridized carbons (Fsp3) is 0.500. The highest BCUT2D eigenvalue weighted by Gasteiger charge is 2.04. The molecule has 6 nitrogen and oxygen atoms in total. The molecule has 0 aliphatic carbocycles. The van der Waals surface area contributed by atoms with Gasteiger partial charge in [0.15, 0.2) is 3.74 Å². The predicted octanol–water partition coefficient (Wildman–Crippen LogP) is 1.74. The zero-order valence-electron chi connectivity index (χ0n) is 7.48. The van der Waals surface area contributed by atoms with Gasteiger partial charge in [0.05, 0.1) is 0 Å². The summed E-state index contributed by atoms with van der Waals surface area (Å²) in [4.78, 5) is 27.9. The molecule has 0 aromatic rings. The Balaban J connectivity index is -0.000000147. The van der Waals surface area contributed by atoms with Crippen LogP contribution in [0.25, 0.3) is 0 Å². The fourth-order valence-corrected chi connectivity index (χ4v) is 0. The maximum Gasteiger partial charge on any atom is 0.328 e. The molecule has 9 heteroatoms. The second kappa shape index (κ2) is 13.8. The first-order valence-electron chi connectivity index (χ1n) is 3.13. The van der Waals surface area contributed by atoms with E-state index in [0.29, 0.717) is 0 Å². The first-order chi connectivity index (χ1) is 6.64. The van der Waals surface area contributed by atoms with Crippen LogP contribution in [0.1, 0.15) is 6.92 Å². The lowest BCUT2D eigenvalue weighted by Gasteiger charge is -1.84. The van der Waals surface area contributed by atoms with Crippen molar-refractivity contribution in [3.05, 3.63) is 0 Å². The highest BCUT2D eigenvalue weighted by molar-refractivity contribution is 9.25. The van der Waals surface area contributed by atoms with Crippen LogP contribution in [0.3, 0.4) is 0 Å². The summed E-state index contributed by atoms with van der Waals surface area (Å²) in [7, 11) is 0. The number of carboxylic acid groups (broad SMARTS) is 3. The Labute approximate surface area is 111 Å². The van der Waals surface area contributed by atoms with E-state index in [1.54, 1.807) is 0 Å². The molecule has 0 saturated carbocycles. The van der Waals surface area contributed by atoms with Crippen molar-refractivity contribution in [1.82, 2.24) is 0 Å². The quantitative estimate of drug-likeness (QED) is 0.591. The van der Waals surface area contributed by atoms with Gasteiger partial charge in [0.1, 0.15) is 5.33 Å². The highest BCUT2D eigenvalue weighted by atomic mass is 79.9. The number of carboxylic acids is 3. The van der Waals surface area contributed by atoms with Gasteiger partial charge in [0.25, 0.3) is 5.97 Å². The summed E-state index contributed by atoms with van der Waals surface area (Å²) < 4.78 is -0.606. The van der Waals surface area contributed by atoms with Gasteiger partial charge in [-0.05, 0) is 0 Å². The van der Waals surface area contributed by atoms with Crippen LogP contribution in [-0.4, -0.2) is 42.3 Å². The number of rotatable bonds is 2. The molecule has 0 atom stereocenters. The molecule has 0 aromatic carbocycles. The van der Waals surface area contributed by atoms with Crippen LogP contribution in [0.5, 0.6) is 0 Å². The molecular weight excluding hydrogens is 408 g/mol. The van der Waals surface area contributed by atoms with Gasteiger partial charge < -0.3 is 15.3 Å². The average Bonchev–Trinajstić information content (AvgIpc) is 2.04. The zero-order chi connectivity index (χ0) is 13.0. The van der Waals surface area contributed by atoms with Gasteiger partial charge in [0.2, 0.25) is 0 Å². The maximum atomic E-state index is 9.61. The molecule has 0 spiro atoms. The summed E-state index contributed by atoms with van der Waals surface area (Å²) in [5.41, 5.74) is 0. The summed E-state index contributed by atoms with van der Waals surface area (Å²) in [5, 5.41) is 23.0. The first kappa shape index (κ1) is 20.3. The molecular formula is C6H9Br3O6. The van der Waals surface area contributed by atoms with E-state index < -0.39 is 21.6 Å². The SMILES string of the molecule is CC(=O)O.O=C(O)C(Br)Br.O=C(O)CBr. The molecule has 0 unspecified atom stereocenters. The number of carbonyl (C=O) groups is 3. The summed E-state index contributed by atoms with van der Waals surface area (Å²) >= 11 is 8.23. The van der Waals surface area contributed by atoms with Crippen LogP contribution in [0.4, 0.5) is 0 Å². The largest absolute Gasteiger partial charge is 0.481 e. The Kier molecular flexibility index (Phi) is 18.7. The normalized spacial score (nSPS) is 7.80. The van der Waals surface area contributed by atoms with Crippen LogP contribution in [0, 0.1) is 0 Å². The first-order valence-corrected chi connectivity index (χ1v) is 6.08. The Bertz CT molecular complexity index is 201. The van der Waals surface area contributed by atoms with Crippen molar-refractivity contribution in [1.29, 1.82) is 0 Å². The third kappa shape index (κ3) is 56.8. The predicted molar refractivity (Wildman–Crippen MR) is 64.0 cm³/mol. The highest BCUT2D eigenvalue weighted by Crippen LogP contribution is 2.05. The molecule has 0 amide bonds. The Morgan fingerprint density at radius 3 is 1.27 bits per heavy atom. The fourth-order valence-electron chi connectivity index (χ4n) is 0. The molecule has 90 valence electrons. The van der Waals surface area contributed by atoms with Gasteiger partial charge in [0, 0.05) is 6.92 Å². The molecule has 3 N–H and O–H groups in total. The monoisotopic (exact) mass is 414 g/mol. The van der Waals surface area contributed by atoms with E-state index in [1.165, 1.54) is 0 Å². The van der Waals surface area contributed by atoms with E-state index in [1.807, 2.05) is 0 Å². The van der Waals surface area contributed by atoms with Gasteiger partial charge >= 0.3 is 11.9 Å². The summed E-state index contributed by atoms with van der Waals surface area (Å²) in [6.07, 6.45) is 0. The van der Waals surface area contributed by atoms with E-state index in [9.17, 15) is 9.59 Å². The zero-order valence-corrected chi connectivity index (χ0v) is 12.2. The minimum absolute atomic E-state index is 0.0347. The van der Waals surface area contributed by atoms with Crippen LogP contribution in [0.2, 0.25) is 0 Å². The van der Waals surface area contributed by atoms with E-state index >= 15 is 0 Å². The molecule has 0 rings (SSSR count). The number of alkyl halides is 3. The molecule has 15 heavy (non-hydrogen) atoms. The van der Waals surface area contributed by atoms with Crippen LogP contribution < -0.4 is 0 Å². The van der Waals surface area contributed by atoms with E-state index in [0.717, 1.165) is 6.92 Å². The summed E-state index contributed by atoms with van der Waals surface area (Å²) in [6, 6.07) is 0. The molecule has 0 aromatic heterocycles. The standard InChI is InChI=1S/C2H2Br2O2.C2H3BrO2.C2H4O2/c3-1(4)2(5)6;3-1-2(4)5;1-2(3)4/h1H,(H,5,6);1H2,(H,4,5);1H3,(H,3,4). The number of aliphatic carboxylic acids is 3. The molecule has 0 bridgehead atoms. The number of halogens is 3. The van der Waals surface area contributed by atoms with Crippen molar-refractivity contribution < 1.29 is 29.7 Å². The van der Waals surface area contributed by atoms with Crippen molar-refractivity contribution in [3.63, 3.8) is 0 Å². The third-order valence-corrected chi connectivity index (χ3v) is 1.56. The Morgan fingerprint density at radius 2 is 1.27 bits per heavy atom. The second-order valence-electron chi connectivity index (χ2n) is 1.69. The lowest BCUT2D eigenvalue weighted by Crippen LogP contribution is -2.02. The topological polar surface area (TPSA) is 112 Å². The van der Waals surface area contributed by atoms with Crippen molar-refractivity contribution in [2.75, 3.05) is 5.33 Å². The van der Waals surface area contributed by atoms with Gasteiger partial charge in [-0.2, -0.15) is 0 Å². The minimum Gasteiger partial charge on any atom is -0.481 e. The van der Waals surface area contributed by atoms with Gasteiger partial charge in [-0.15, -0.1) is 0 Å². The summed E-state index contributed by atoms with van der Waals surface area (Å²) in [5.74, 6) is -2.57. The molecule has 0 aliphatic rings. The van der Waals surface area contributed by atoms with E-state index in [-0.39, 0.29) is 5.33 Å². The second-order valence-corrected chi connectivity index (χ2v) is 5.31. The maximum absolute atomic E-state index is 9.61. The van der Waals surface area contributed by atoms with Gasteiger partial charge in [-0.3, -0.25) is 14.4 Å². The van der Waals surface area contributed by atoms with Gasteiger partial charge in [-0.1, -0.05) is 47.8 Å². The van der Waals surface area contributed by atoms with Crippen LogP contribution >= 0.6 is 47.8 Å². The average molecular weight is 417 g/mol. The summed E-state index contributed by atoms with van der Waals surface area (Å²) in [6.45, 7) is 1.08. The van der Waals surface area contributed by atoms with Crippen molar-refractivity contribution in [3.8, 4) is 0 Å². The van der Waals surface area contributed by atoms with Crippen molar-refractivity contribution in [2.45, 2.75) is 10.7 Å². The number of hydrogen-bond donors (Lipinski definition) is 3. The minimum atomic E-state index is -0.907. The lowest BCUT2D eigenvalue weighted by molar-refractivity contribution is -0.135. The third-order valence-electron chi connectivity index (χ3n) is 0.301. The van der Waals surface area contributed by atoms with Crippen LogP contribution in [-0.2, 0) is 14.4 Å². The van der Waals surface area contributed by atoms with E-state index in [2.05, 4.69) is 47.8 Å². The van der Waals surface area contributed by atoms with E-state index in [4.69, 9.17) is 20.1 Å². The number of hydrogen-bond acceptors (Lipinski definition) is 3. The van der Waals surface area contributed by atoms with Gasteiger partial charge in [-0.25, -0.2) is 0 Å². The van der Waals surface area contributed by atoms with Crippen molar-refractivity contribution in [2.24, 2.45) is 0 Å².